The maximum atomic E-state index is 12.7. The third kappa shape index (κ3) is 2.51. The number of ketones is 1. The second-order valence-electron chi connectivity index (χ2n) is 10.1. The number of fused-ring (bicyclic) bond motifs is 5. The van der Waals surface area contributed by atoms with Crippen LogP contribution >= 0.6 is 0 Å². The Kier molecular flexibility index (Phi) is 4.38. The fourth-order valence-corrected chi connectivity index (χ4v) is 7.70. The summed E-state index contributed by atoms with van der Waals surface area (Å²) in [6.07, 6.45) is 9.68. The number of ether oxygens (including phenoxy) is 1. The van der Waals surface area contributed by atoms with Crippen LogP contribution in [-0.4, -0.2) is 28.6 Å². The molecule has 3 saturated carbocycles. The highest BCUT2D eigenvalue weighted by atomic mass is 16.6. The maximum absolute atomic E-state index is 12.7. The predicted molar refractivity (Wildman–Crippen MR) is 103 cm³/mol. The minimum absolute atomic E-state index is 0.0141. The molecule has 4 aliphatic rings. The van der Waals surface area contributed by atoms with Crippen LogP contribution in [0.3, 0.4) is 0 Å². The van der Waals surface area contributed by atoms with E-state index in [1.54, 1.807) is 6.92 Å². The molecule has 0 radical (unpaired) electrons. The van der Waals surface area contributed by atoms with Gasteiger partial charge in [0.15, 0.2) is 11.4 Å². The van der Waals surface area contributed by atoms with Crippen molar-refractivity contribution in [3.8, 4) is 0 Å². The normalized spacial score (nSPS) is 48.7. The van der Waals surface area contributed by atoms with E-state index in [4.69, 9.17) is 4.74 Å². The number of esters is 1. The molecular weight excluding hydrogens is 340 g/mol. The van der Waals surface area contributed by atoms with Crippen LogP contribution in [0.4, 0.5) is 0 Å². The first-order valence-electron chi connectivity index (χ1n) is 10.7. The summed E-state index contributed by atoms with van der Waals surface area (Å²) in [5.74, 6) is 1.25. The van der Waals surface area contributed by atoms with Crippen LogP contribution in [0.15, 0.2) is 11.6 Å². The average Bonchev–Trinajstić information content (AvgIpc) is 2.89. The Balaban J connectivity index is 1.70. The molecule has 0 aromatic heterocycles. The average molecular weight is 375 g/mol. The number of carbonyl (C=O) groups excluding carboxylic acids is 2. The van der Waals surface area contributed by atoms with Gasteiger partial charge in [0, 0.05) is 12.3 Å². The number of aliphatic hydroxyl groups is 1. The zero-order chi connectivity index (χ0) is 19.6. The number of aliphatic hydroxyl groups excluding tert-OH is 1. The van der Waals surface area contributed by atoms with Crippen molar-refractivity contribution in [1.82, 2.24) is 0 Å². The molecule has 150 valence electrons. The van der Waals surface area contributed by atoms with Gasteiger partial charge >= 0.3 is 5.97 Å². The molecule has 0 aliphatic heterocycles. The Morgan fingerprint density at radius 3 is 2.44 bits per heavy atom. The van der Waals surface area contributed by atoms with Crippen molar-refractivity contribution in [2.45, 2.75) is 90.8 Å². The fraction of sp³-hybridized carbons (Fsp3) is 0.826. The van der Waals surface area contributed by atoms with E-state index in [2.05, 4.69) is 19.9 Å². The molecule has 0 amide bonds. The standard InChI is InChI=1S/C23H34O4/c1-14(24)23(27-15(2)25)12-9-20-18-6-5-16-13-17(26)7-10-21(16,3)19(18)8-11-22(20,23)4/h5,17-20,26H,6-13H2,1-4H3/t17-,18-,19+,20+,21+,22+,23-/m1/s1. The summed E-state index contributed by atoms with van der Waals surface area (Å²) in [5, 5.41) is 10.1. The molecule has 1 N–H and O–H groups in total. The molecule has 4 aliphatic carbocycles. The molecule has 0 unspecified atom stereocenters. The SMILES string of the molecule is CC(=O)O[C@@]1(C(C)=O)CC[C@H]2[C@@H]3CC=C4C[C@H](O)CC[C@]4(C)[C@H]3CC[C@@]21C. The smallest absolute Gasteiger partial charge is 0.303 e. The van der Waals surface area contributed by atoms with Gasteiger partial charge < -0.3 is 9.84 Å². The first-order chi connectivity index (χ1) is 12.6. The highest BCUT2D eigenvalue weighted by molar-refractivity contribution is 5.89. The minimum atomic E-state index is -0.942. The zero-order valence-corrected chi connectivity index (χ0v) is 17.2. The van der Waals surface area contributed by atoms with Crippen molar-refractivity contribution in [2.24, 2.45) is 28.6 Å². The van der Waals surface area contributed by atoms with Gasteiger partial charge in [-0.15, -0.1) is 0 Å². The first-order valence-corrected chi connectivity index (χ1v) is 10.7. The van der Waals surface area contributed by atoms with Crippen molar-refractivity contribution in [3.63, 3.8) is 0 Å². The molecule has 0 bridgehead atoms. The molecule has 0 heterocycles. The highest BCUT2D eigenvalue weighted by Gasteiger charge is 2.67. The third-order valence-electron chi connectivity index (χ3n) is 9.08. The molecule has 4 rings (SSSR count). The van der Waals surface area contributed by atoms with Gasteiger partial charge in [-0.25, -0.2) is 0 Å². The third-order valence-corrected chi connectivity index (χ3v) is 9.08. The number of rotatable bonds is 2. The molecule has 0 aromatic rings. The molecule has 4 nitrogen and oxygen atoms in total. The number of allylic oxidation sites excluding steroid dienone is 1. The monoisotopic (exact) mass is 374 g/mol. The summed E-state index contributed by atoms with van der Waals surface area (Å²) in [6, 6.07) is 0. The molecule has 0 spiro atoms. The van der Waals surface area contributed by atoms with Gasteiger partial charge in [-0.05, 0) is 81.5 Å². The van der Waals surface area contributed by atoms with E-state index >= 15 is 0 Å². The molecule has 27 heavy (non-hydrogen) atoms. The molecule has 7 atom stereocenters. The first kappa shape index (κ1) is 19.2. The van der Waals surface area contributed by atoms with Gasteiger partial charge in [-0.1, -0.05) is 25.5 Å². The maximum Gasteiger partial charge on any atom is 0.303 e. The van der Waals surface area contributed by atoms with Crippen LogP contribution in [0.2, 0.25) is 0 Å². The van der Waals surface area contributed by atoms with Gasteiger partial charge in [-0.3, -0.25) is 9.59 Å². The lowest BCUT2D eigenvalue weighted by atomic mass is 9.46. The van der Waals surface area contributed by atoms with Gasteiger partial charge in [0.1, 0.15) is 0 Å². The lowest BCUT2D eigenvalue weighted by Gasteiger charge is -2.59. The van der Waals surface area contributed by atoms with E-state index in [-0.39, 0.29) is 28.7 Å². The summed E-state index contributed by atoms with van der Waals surface area (Å²) in [5.41, 5.74) is 0.442. The van der Waals surface area contributed by atoms with Gasteiger partial charge in [0.2, 0.25) is 0 Å². The summed E-state index contributed by atoms with van der Waals surface area (Å²) in [7, 11) is 0. The van der Waals surface area contributed by atoms with Crippen LogP contribution < -0.4 is 0 Å². The lowest BCUT2D eigenvalue weighted by molar-refractivity contribution is -0.186. The Bertz CT molecular complexity index is 696. The molecule has 0 saturated heterocycles. The van der Waals surface area contributed by atoms with Crippen LogP contribution in [0, 0.1) is 28.6 Å². The van der Waals surface area contributed by atoms with E-state index in [9.17, 15) is 14.7 Å². The minimum Gasteiger partial charge on any atom is -0.451 e. The van der Waals surface area contributed by atoms with Crippen LogP contribution in [-0.2, 0) is 14.3 Å². The van der Waals surface area contributed by atoms with Crippen molar-refractivity contribution in [2.75, 3.05) is 0 Å². The Morgan fingerprint density at radius 1 is 1.07 bits per heavy atom. The number of hydrogen-bond acceptors (Lipinski definition) is 4. The van der Waals surface area contributed by atoms with Crippen molar-refractivity contribution < 1.29 is 19.4 Å². The Labute approximate surface area is 162 Å². The number of carbonyl (C=O) groups is 2. The molecule has 4 heteroatoms. The summed E-state index contributed by atoms with van der Waals surface area (Å²) < 4.78 is 5.82. The van der Waals surface area contributed by atoms with Crippen molar-refractivity contribution in [1.29, 1.82) is 0 Å². The Morgan fingerprint density at radius 2 is 1.78 bits per heavy atom. The second-order valence-corrected chi connectivity index (χ2v) is 10.1. The summed E-state index contributed by atoms with van der Waals surface area (Å²) >= 11 is 0. The largest absolute Gasteiger partial charge is 0.451 e. The van der Waals surface area contributed by atoms with Crippen LogP contribution in [0.5, 0.6) is 0 Å². The fourth-order valence-electron chi connectivity index (χ4n) is 7.70. The number of hydrogen-bond donors (Lipinski definition) is 1. The summed E-state index contributed by atoms with van der Waals surface area (Å²) in [6.45, 7) is 7.64. The van der Waals surface area contributed by atoms with E-state index in [1.807, 2.05) is 0 Å². The lowest BCUT2D eigenvalue weighted by Crippen LogP contribution is -2.58. The van der Waals surface area contributed by atoms with E-state index in [0.717, 1.165) is 44.9 Å². The van der Waals surface area contributed by atoms with E-state index in [1.165, 1.54) is 12.5 Å². The van der Waals surface area contributed by atoms with Gasteiger partial charge in [-0.2, -0.15) is 0 Å². The highest BCUT2D eigenvalue weighted by Crippen LogP contribution is 2.68. The summed E-state index contributed by atoms with van der Waals surface area (Å²) in [4.78, 5) is 24.6. The van der Waals surface area contributed by atoms with E-state index in [0.29, 0.717) is 24.2 Å². The predicted octanol–water partition coefficient (Wildman–Crippen LogP) is 4.20. The molecule has 0 aromatic carbocycles. The topological polar surface area (TPSA) is 63.6 Å². The molecular formula is C23H34O4. The zero-order valence-electron chi connectivity index (χ0n) is 17.2. The number of Topliss-reactive ketones (excluding diaryl/α,β-unsaturated/α-hetero) is 1. The van der Waals surface area contributed by atoms with Gasteiger partial charge in [0.25, 0.3) is 0 Å². The Hall–Kier alpha value is -1.16. The molecule has 3 fully saturated rings. The second kappa shape index (κ2) is 6.17. The van der Waals surface area contributed by atoms with Crippen molar-refractivity contribution in [3.05, 3.63) is 11.6 Å². The van der Waals surface area contributed by atoms with Crippen molar-refractivity contribution >= 4 is 11.8 Å². The van der Waals surface area contributed by atoms with Gasteiger partial charge in [0.05, 0.1) is 6.10 Å². The quantitative estimate of drug-likeness (QED) is 0.581. The van der Waals surface area contributed by atoms with Crippen LogP contribution in [0.25, 0.3) is 0 Å². The van der Waals surface area contributed by atoms with E-state index < -0.39 is 5.60 Å². The van der Waals surface area contributed by atoms with Crippen LogP contribution in [0.1, 0.15) is 79.1 Å².